The zero-order chi connectivity index (χ0) is 15.6. The van der Waals surface area contributed by atoms with Gasteiger partial charge in [0.1, 0.15) is 0 Å². The van der Waals surface area contributed by atoms with Crippen molar-refractivity contribution in [1.82, 2.24) is 0 Å². The van der Waals surface area contributed by atoms with Crippen LogP contribution in [-0.2, 0) is 11.2 Å². The summed E-state index contributed by atoms with van der Waals surface area (Å²) in [4.78, 5) is 2.44. The van der Waals surface area contributed by atoms with E-state index in [1.807, 2.05) is 0 Å². The highest BCUT2D eigenvalue weighted by atomic mass is 79.9. The van der Waals surface area contributed by atoms with Crippen LogP contribution in [0.5, 0.6) is 0 Å². The number of rotatable bonds is 4. The molecule has 118 valence electrons. The van der Waals surface area contributed by atoms with Crippen LogP contribution in [0.3, 0.4) is 0 Å². The van der Waals surface area contributed by atoms with Gasteiger partial charge in [-0.05, 0) is 57.4 Å². The van der Waals surface area contributed by atoms with Crippen LogP contribution < -0.4 is 10.6 Å². The summed E-state index contributed by atoms with van der Waals surface area (Å²) >= 11 is 3.58. The standard InChI is InChI=1S/C17H27BrN2O/c1-5-15(19)9-13-8-14(18)6-7-16(13)20-10-12(2)21-17(3,4)11-20/h6-8,12,15H,5,9-11,19H2,1-4H3. The van der Waals surface area contributed by atoms with E-state index in [2.05, 4.69) is 66.7 Å². The molecule has 1 aliphatic rings. The van der Waals surface area contributed by atoms with Gasteiger partial charge in [-0.1, -0.05) is 22.9 Å². The van der Waals surface area contributed by atoms with Crippen molar-refractivity contribution in [2.45, 2.75) is 58.3 Å². The van der Waals surface area contributed by atoms with Gasteiger partial charge < -0.3 is 15.4 Å². The Morgan fingerprint density at radius 2 is 2.19 bits per heavy atom. The number of hydrogen-bond donors (Lipinski definition) is 1. The quantitative estimate of drug-likeness (QED) is 0.894. The monoisotopic (exact) mass is 354 g/mol. The van der Waals surface area contributed by atoms with E-state index in [9.17, 15) is 0 Å². The summed E-state index contributed by atoms with van der Waals surface area (Å²) in [5, 5.41) is 0. The van der Waals surface area contributed by atoms with Gasteiger partial charge in [0.15, 0.2) is 0 Å². The van der Waals surface area contributed by atoms with Crippen molar-refractivity contribution in [3.8, 4) is 0 Å². The van der Waals surface area contributed by atoms with Gasteiger partial charge >= 0.3 is 0 Å². The average molecular weight is 355 g/mol. The van der Waals surface area contributed by atoms with Crippen molar-refractivity contribution >= 4 is 21.6 Å². The van der Waals surface area contributed by atoms with Crippen LogP contribution in [0.25, 0.3) is 0 Å². The number of halogens is 1. The molecule has 0 aromatic heterocycles. The Hall–Kier alpha value is -0.580. The maximum absolute atomic E-state index is 6.18. The van der Waals surface area contributed by atoms with Crippen LogP contribution in [0.15, 0.2) is 22.7 Å². The first kappa shape index (κ1) is 16.8. The summed E-state index contributed by atoms with van der Waals surface area (Å²) < 4.78 is 7.13. The predicted molar refractivity (Wildman–Crippen MR) is 93.0 cm³/mol. The van der Waals surface area contributed by atoms with Crippen molar-refractivity contribution in [3.05, 3.63) is 28.2 Å². The van der Waals surface area contributed by atoms with Crippen LogP contribution in [0.2, 0.25) is 0 Å². The second-order valence-electron chi connectivity index (χ2n) is 6.71. The maximum atomic E-state index is 6.18. The molecule has 2 atom stereocenters. The van der Waals surface area contributed by atoms with E-state index in [0.29, 0.717) is 0 Å². The normalized spacial score (nSPS) is 23.1. The molecule has 1 saturated heterocycles. The largest absolute Gasteiger partial charge is 0.369 e. The van der Waals surface area contributed by atoms with Gasteiger partial charge in [-0.15, -0.1) is 0 Å². The lowest BCUT2D eigenvalue weighted by Crippen LogP contribution is -2.52. The lowest BCUT2D eigenvalue weighted by Gasteiger charge is -2.43. The minimum Gasteiger partial charge on any atom is -0.369 e. The molecule has 0 saturated carbocycles. The maximum Gasteiger partial charge on any atom is 0.0805 e. The molecule has 1 fully saturated rings. The smallest absolute Gasteiger partial charge is 0.0805 e. The van der Waals surface area contributed by atoms with Gasteiger partial charge in [0.05, 0.1) is 11.7 Å². The molecule has 2 N–H and O–H groups in total. The van der Waals surface area contributed by atoms with Crippen molar-refractivity contribution in [3.63, 3.8) is 0 Å². The second-order valence-corrected chi connectivity index (χ2v) is 7.63. The van der Waals surface area contributed by atoms with E-state index in [4.69, 9.17) is 10.5 Å². The van der Waals surface area contributed by atoms with E-state index in [-0.39, 0.29) is 17.7 Å². The zero-order valence-corrected chi connectivity index (χ0v) is 15.1. The fraction of sp³-hybridized carbons (Fsp3) is 0.647. The SMILES string of the molecule is CCC(N)Cc1cc(Br)ccc1N1CC(C)OC(C)(C)C1. The number of morpholine rings is 1. The van der Waals surface area contributed by atoms with Crippen LogP contribution >= 0.6 is 15.9 Å². The molecule has 2 unspecified atom stereocenters. The molecule has 0 amide bonds. The van der Waals surface area contributed by atoms with Crippen LogP contribution in [-0.4, -0.2) is 30.8 Å². The number of nitrogens with two attached hydrogens (primary N) is 1. The summed E-state index contributed by atoms with van der Waals surface area (Å²) in [5.41, 5.74) is 8.68. The van der Waals surface area contributed by atoms with E-state index in [1.54, 1.807) is 0 Å². The van der Waals surface area contributed by atoms with Crippen molar-refractivity contribution < 1.29 is 4.74 Å². The number of nitrogens with zero attached hydrogens (tertiary/aromatic N) is 1. The first-order valence-electron chi connectivity index (χ1n) is 7.77. The van der Waals surface area contributed by atoms with Gasteiger partial charge in [0, 0.05) is 29.3 Å². The summed E-state index contributed by atoms with van der Waals surface area (Å²) in [6.07, 6.45) is 2.15. The highest BCUT2D eigenvalue weighted by Gasteiger charge is 2.32. The highest BCUT2D eigenvalue weighted by Crippen LogP contribution is 2.31. The van der Waals surface area contributed by atoms with Crippen LogP contribution in [0.4, 0.5) is 5.69 Å². The molecule has 1 heterocycles. The molecule has 21 heavy (non-hydrogen) atoms. The van der Waals surface area contributed by atoms with Crippen LogP contribution in [0.1, 0.15) is 39.7 Å². The molecule has 3 nitrogen and oxygen atoms in total. The second kappa shape index (κ2) is 6.67. The molecule has 4 heteroatoms. The zero-order valence-electron chi connectivity index (χ0n) is 13.5. The molecule has 0 spiro atoms. The third-order valence-electron chi connectivity index (χ3n) is 3.96. The molecular formula is C17H27BrN2O. The summed E-state index contributed by atoms with van der Waals surface area (Å²) in [7, 11) is 0. The number of anilines is 1. The first-order valence-corrected chi connectivity index (χ1v) is 8.57. The fourth-order valence-corrected chi connectivity index (χ4v) is 3.50. The summed E-state index contributed by atoms with van der Waals surface area (Å²) in [5.74, 6) is 0. The molecule has 1 aliphatic heterocycles. The Balaban J connectivity index is 2.29. The van der Waals surface area contributed by atoms with Crippen molar-refractivity contribution in [2.75, 3.05) is 18.0 Å². The Morgan fingerprint density at radius 3 is 2.81 bits per heavy atom. The molecule has 0 radical (unpaired) electrons. The Kier molecular flexibility index (Phi) is 5.33. The Morgan fingerprint density at radius 1 is 1.48 bits per heavy atom. The number of hydrogen-bond acceptors (Lipinski definition) is 3. The predicted octanol–water partition coefficient (Wildman–Crippen LogP) is 3.73. The van der Waals surface area contributed by atoms with Gasteiger partial charge in [-0.2, -0.15) is 0 Å². The molecule has 2 rings (SSSR count). The van der Waals surface area contributed by atoms with Gasteiger partial charge in [-0.25, -0.2) is 0 Å². The van der Waals surface area contributed by atoms with E-state index in [1.165, 1.54) is 11.3 Å². The molecular weight excluding hydrogens is 328 g/mol. The summed E-state index contributed by atoms with van der Waals surface area (Å²) in [6.45, 7) is 10.4. The molecule has 1 aromatic rings. The van der Waals surface area contributed by atoms with Gasteiger partial charge in [0.25, 0.3) is 0 Å². The molecule has 0 aliphatic carbocycles. The Labute approximate surface area is 137 Å². The van der Waals surface area contributed by atoms with E-state index in [0.717, 1.165) is 30.4 Å². The fourth-order valence-electron chi connectivity index (χ4n) is 3.09. The third-order valence-corrected chi connectivity index (χ3v) is 4.45. The molecule has 1 aromatic carbocycles. The highest BCUT2D eigenvalue weighted by molar-refractivity contribution is 9.10. The topological polar surface area (TPSA) is 38.5 Å². The van der Waals surface area contributed by atoms with Crippen molar-refractivity contribution in [1.29, 1.82) is 0 Å². The van der Waals surface area contributed by atoms with E-state index < -0.39 is 0 Å². The molecule has 0 bridgehead atoms. The first-order chi connectivity index (χ1) is 9.80. The van der Waals surface area contributed by atoms with Crippen LogP contribution in [0, 0.1) is 0 Å². The summed E-state index contributed by atoms with van der Waals surface area (Å²) in [6, 6.07) is 6.74. The Bertz CT molecular complexity index is 490. The van der Waals surface area contributed by atoms with Crippen molar-refractivity contribution in [2.24, 2.45) is 5.73 Å². The lowest BCUT2D eigenvalue weighted by molar-refractivity contribution is -0.0750. The average Bonchev–Trinajstić information content (AvgIpc) is 2.36. The minimum atomic E-state index is -0.116. The van der Waals surface area contributed by atoms with Gasteiger partial charge in [0.2, 0.25) is 0 Å². The number of benzene rings is 1. The lowest BCUT2D eigenvalue weighted by atomic mass is 9.99. The van der Waals surface area contributed by atoms with Gasteiger partial charge in [-0.3, -0.25) is 0 Å². The minimum absolute atomic E-state index is 0.116. The third kappa shape index (κ3) is 4.44. The number of ether oxygens (including phenoxy) is 1. The van der Waals surface area contributed by atoms with E-state index >= 15 is 0 Å².